The molecule has 0 spiro atoms. The Bertz CT molecular complexity index is 744. The van der Waals surface area contributed by atoms with Crippen molar-refractivity contribution in [2.24, 2.45) is 0 Å². The highest BCUT2D eigenvalue weighted by Gasteiger charge is 2.23. The molecule has 0 radical (unpaired) electrons. The monoisotopic (exact) mass is 379 g/mol. The van der Waals surface area contributed by atoms with Crippen LogP contribution in [0.4, 0.5) is 0 Å². The van der Waals surface area contributed by atoms with Crippen molar-refractivity contribution in [3.05, 3.63) is 29.3 Å². The van der Waals surface area contributed by atoms with E-state index in [1.807, 2.05) is 25.1 Å². The van der Waals surface area contributed by atoms with Crippen LogP contribution in [-0.4, -0.2) is 32.1 Å². The summed E-state index contributed by atoms with van der Waals surface area (Å²) in [5.74, 6) is 6.61. The van der Waals surface area contributed by atoms with Crippen molar-refractivity contribution >= 4 is 29.3 Å². The maximum Gasteiger partial charge on any atom is 0.233 e. The van der Waals surface area contributed by atoms with Crippen LogP contribution in [-0.2, 0) is 4.79 Å². The average Bonchev–Trinajstić information content (AvgIpc) is 2.97. The maximum atomic E-state index is 12.4. The second kappa shape index (κ2) is 8.10. The van der Waals surface area contributed by atoms with E-state index in [9.17, 15) is 4.79 Å². The number of thioether (sulfide) groups is 1. The molecule has 1 aliphatic rings. The first kappa shape index (κ1) is 18.1. The number of nitrogens with zero attached hydrogens (tertiary/aromatic N) is 3. The number of rotatable bonds is 5. The summed E-state index contributed by atoms with van der Waals surface area (Å²) < 4.78 is 1.39. The molecule has 1 fully saturated rings. The molecule has 0 bridgehead atoms. The SMILES string of the molecule is C[C@H](Sc1nnc(-c2ccccc2Cl)n1N)C(=O)NC1CCCCC1. The number of carbonyl (C=O) groups excluding carboxylic acids is 1. The lowest BCUT2D eigenvalue weighted by Crippen LogP contribution is -2.40. The van der Waals surface area contributed by atoms with Crippen molar-refractivity contribution in [2.45, 2.75) is 55.5 Å². The molecule has 0 aliphatic heterocycles. The molecule has 3 N–H and O–H groups in total. The van der Waals surface area contributed by atoms with Gasteiger partial charge in [-0.25, -0.2) is 4.68 Å². The minimum atomic E-state index is -0.299. The number of nitrogens with one attached hydrogen (secondary N) is 1. The summed E-state index contributed by atoms with van der Waals surface area (Å²) in [5, 5.41) is 12.1. The average molecular weight is 380 g/mol. The van der Waals surface area contributed by atoms with Crippen LogP contribution in [0.3, 0.4) is 0 Å². The molecule has 6 nitrogen and oxygen atoms in total. The number of nitrogen functional groups attached to an aromatic ring is 1. The number of halogens is 1. The molecule has 0 unspecified atom stereocenters. The first-order chi connectivity index (χ1) is 12.1. The van der Waals surface area contributed by atoms with Crippen LogP contribution in [0, 0.1) is 0 Å². The van der Waals surface area contributed by atoms with Gasteiger partial charge in [-0.1, -0.05) is 54.8 Å². The predicted molar refractivity (Wildman–Crippen MR) is 101 cm³/mol. The molecular weight excluding hydrogens is 358 g/mol. The molecule has 1 heterocycles. The second-order valence-electron chi connectivity index (χ2n) is 6.26. The van der Waals surface area contributed by atoms with Gasteiger partial charge >= 0.3 is 0 Å². The maximum absolute atomic E-state index is 12.4. The molecule has 1 amide bonds. The highest BCUT2D eigenvalue weighted by molar-refractivity contribution is 8.00. The van der Waals surface area contributed by atoms with Crippen LogP contribution in [0.5, 0.6) is 0 Å². The topological polar surface area (TPSA) is 85.8 Å². The summed E-state index contributed by atoms with van der Waals surface area (Å²) in [4.78, 5) is 12.4. The fourth-order valence-electron chi connectivity index (χ4n) is 2.96. The van der Waals surface area contributed by atoms with Crippen LogP contribution in [0.1, 0.15) is 39.0 Å². The van der Waals surface area contributed by atoms with E-state index in [1.165, 1.54) is 35.7 Å². The van der Waals surface area contributed by atoms with E-state index in [4.69, 9.17) is 17.4 Å². The lowest BCUT2D eigenvalue weighted by Gasteiger charge is -2.24. The van der Waals surface area contributed by atoms with Crippen LogP contribution in [0.25, 0.3) is 11.4 Å². The van der Waals surface area contributed by atoms with Gasteiger partial charge in [0.05, 0.1) is 10.3 Å². The van der Waals surface area contributed by atoms with E-state index < -0.39 is 0 Å². The molecule has 2 aromatic rings. The van der Waals surface area contributed by atoms with Gasteiger partial charge in [0.1, 0.15) is 0 Å². The normalized spacial score (nSPS) is 16.6. The van der Waals surface area contributed by atoms with Gasteiger partial charge in [0.15, 0.2) is 5.82 Å². The summed E-state index contributed by atoms with van der Waals surface area (Å²) in [6.45, 7) is 1.85. The lowest BCUT2D eigenvalue weighted by molar-refractivity contribution is -0.121. The first-order valence-electron chi connectivity index (χ1n) is 8.48. The highest BCUT2D eigenvalue weighted by atomic mass is 35.5. The van der Waals surface area contributed by atoms with Gasteiger partial charge in [-0.05, 0) is 31.9 Å². The Balaban J connectivity index is 1.66. The van der Waals surface area contributed by atoms with E-state index in [1.54, 1.807) is 6.07 Å². The molecular formula is C17H22ClN5OS. The Morgan fingerprint density at radius 3 is 2.76 bits per heavy atom. The van der Waals surface area contributed by atoms with Crippen LogP contribution in [0.15, 0.2) is 29.4 Å². The van der Waals surface area contributed by atoms with Crippen molar-refractivity contribution in [2.75, 3.05) is 5.84 Å². The molecule has 134 valence electrons. The van der Waals surface area contributed by atoms with E-state index in [0.717, 1.165) is 12.8 Å². The predicted octanol–water partition coefficient (Wildman–Crippen LogP) is 3.24. The number of hydrogen-bond donors (Lipinski definition) is 2. The van der Waals surface area contributed by atoms with Gasteiger partial charge < -0.3 is 11.2 Å². The standard InChI is InChI=1S/C17H22ClN5OS/c1-11(16(24)20-12-7-3-2-4-8-12)25-17-22-21-15(23(17)19)13-9-5-6-10-14(13)18/h5-6,9-12H,2-4,7-8,19H2,1H3,(H,20,24)/t11-/m0/s1. The zero-order valence-corrected chi connectivity index (χ0v) is 15.7. The quantitative estimate of drug-likeness (QED) is 0.615. The Labute approximate surface area is 156 Å². The summed E-state index contributed by atoms with van der Waals surface area (Å²) in [6, 6.07) is 7.61. The number of hydrogen-bond acceptors (Lipinski definition) is 5. The number of nitrogens with two attached hydrogens (primary N) is 1. The molecule has 0 saturated heterocycles. The zero-order chi connectivity index (χ0) is 17.8. The molecule has 3 rings (SSSR count). The number of benzene rings is 1. The zero-order valence-electron chi connectivity index (χ0n) is 14.1. The molecule has 25 heavy (non-hydrogen) atoms. The van der Waals surface area contributed by atoms with Crippen molar-refractivity contribution < 1.29 is 4.79 Å². The third kappa shape index (κ3) is 4.27. The smallest absolute Gasteiger partial charge is 0.233 e. The van der Waals surface area contributed by atoms with Crippen molar-refractivity contribution in [3.8, 4) is 11.4 Å². The molecule has 1 aromatic carbocycles. The van der Waals surface area contributed by atoms with Gasteiger partial charge in [0.2, 0.25) is 11.1 Å². The molecule has 1 aliphatic carbocycles. The number of amides is 1. The minimum Gasteiger partial charge on any atom is -0.352 e. The van der Waals surface area contributed by atoms with Gasteiger partial charge in [-0.3, -0.25) is 4.79 Å². The van der Waals surface area contributed by atoms with Gasteiger partial charge in [0, 0.05) is 11.6 Å². The van der Waals surface area contributed by atoms with Gasteiger partial charge in [-0.2, -0.15) is 0 Å². The van der Waals surface area contributed by atoms with E-state index in [0.29, 0.717) is 27.6 Å². The molecule has 8 heteroatoms. The van der Waals surface area contributed by atoms with E-state index >= 15 is 0 Å². The summed E-state index contributed by atoms with van der Waals surface area (Å²) in [5.41, 5.74) is 0.713. The second-order valence-corrected chi connectivity index (χ2v) is 7.97. The van der Waals surface area contributed by atoms with Gasteiger partial charge in [-0.15, -0.1) is 10.2 Å². The third-order valence-electron chi connectivity index (χ3n) is 4.38. The minimum absolute atomic E-state index is 0.0131. The Kier molecular flexibility index (Phi) is 5.86. The summed E-state index contributed by atoms with van der Waals surface area (Å²) in [7, 11) is 0. The fourth-order valence-corrected chi connectivity index (χ4v) is 3.96. The largest absolute Gasteiger partial charge is 0.352 e. The van der Waals surface area contributed by atoms with Crippen molar-refractivity contribution in [3.63, 3.8) is 0 Å². The van der Waals surface area contributed by atoms with Crippen LogP contribution < -0.4 is 11.2 Å². The van der Waals surface area contributed by atoms with Crippen molar-refractivity contribution in [1.82, 2.24) is 20.2 Å². The Morgan fingerprint density at radius 1 is 1.32 bits per heavy atom. The fraction of sp³-hybridized carbons (Fsp3) is 0.471. The Hall–Kier alpha value is -1.73. The Morgan fingerprint density at radius 2 is 2.04 bits per heavy atom. The van der Waals surface area contributed by atoms with E-state index in [2.05, 4.69) is 15.5 Å². The summed E-state index contributed by atoms with van der Waals surface area (Å²) in [6.07, 6.45) is 5.76. The van der Waals surface area contributed by atoms with Crippen LogP contribution in [0.2, 0.25) is 5.02 Å². The first-order valence-corrected chi connectivity index (χ1v) is 9.74. The van der Waals surface area contributed by atoms with Crippen LogP contribution >= 0.6 is 23.4 Å². The lowest BCUT2D eigenvalue weighted by atomic mass is 9.95. The van der Waals surface area contributed by atoms with E-state index in [-0.39, 0.29) is 11.2 Å². The van der Waals surface area contributed by atoms with Gasteiger partial charge in [0.25, 0.3) is 0 Å². The number of aromatic nitrogens is 3. The molecule has 1 aromatic heterocycles. The third-order valence-corrected chi connectivity index (χ3v) is 5.77. The number of carbonyl (C=O) groups is 1. The molecule has 1 saturated carbocycles. The summed E-state index contributed by atoms with van der Waals surface area (Å²) >= 11 is 7.49. The van der Waals surface area contributed by atoms with Crippen molar-refractivity contribution in [1.29, 1.82) is 0 Å². The molecule has 1 atom stereocenters. The highest BCUT2D eigenvalue weighted by Crippen LogP contribution is 2.29.